The number of aryl methyl sites for hydroxylation is 2. The van der Waals surface area contributed by atoms with E-state index in [1.54, 1.807) is 30.8 Å². The number of aromatic nitrogens is 2. The Morgan fingerprint density at radius 2 is 1.55 bits per heavy atom. The maximum Gasteiger partial charge on any atom is 0.303 e. The van der Waals surface area contributed by atoms with Crippen LogP contribution in [0.1, 0.15) is 24.4 Å². The lowest BCUT2D eigenvalue weighted by molar-refractivity contribution is -0.137. The zero-order valence-electron chi connectivity index (χ0n) is 17.1. The highest BCUT2D eigenvalue weighted by molar-refractivity contribution is 9.11. The Balaban J connectivity index is 0.000000193. The number of nitrogens with two attached hydrogens (primary N) is 1. The molecule has 0 saturated heterocycles. The fraction of sp³-hybridized carbons (Fsp3) is 0.200. The quantitative estimate of drug-likeness (QED) is 0.233. The fourth-order valence-electron chi connectivity index (χ4n) is 2.14. The number of carbonyl (C=O) groups is 2. The van der Waals surface area contributed by atoms with E-state index in [2.05, 4.69) is 47.1 Å². The van der Waals surface area contributed by atoms with Crippen LogP contribution < -0.4 is 11.1 Å². The molecule has 0 unspecified atom stereocenters. The molecule has 1 amide bonds. The van der Waals surface area contributed by atoms with E-state index >= 15 is 0 Å². The van der Waals surface area contributed by atoms with Crippen molar-refractivity contribution in [3.8, 4) is 0 Å². The van der Waals surface area contributed by atoms with E-state index < -0.39 is 5.97 Å². The summed E-state index contributed by atoms with van der Waals surface area (Å²) in [4.78, 5) is 29.4. The van der Waals surface area contributed by atoms with Gasteiger partial charge in [0.05, 0.1) is 38.9 Å². The Hall–Kier alpha value is -2.48. The van der Waals surface area contributed by atoms with Gasteiger partial charge in [-0.2, -0.15) is 0 Å². The minimum atomic E-state index is -0.795. The zero-order valence-corrected chi connectivity index (χ0v) is 21.9. The molecule has 4 aromatic heterocycles. The molecule has 9 nitrogen and oxygen atoms in total. The molecule has 0 aliphatic rings. The van der Waals surface area contributed by atoms with Gasteiger partial charge in [0.15, 0.2) is 10.3 Å². The first-order chi connectivity index (χ1) is 15.8. The van der Waals surface area contributed by atoms with Gasteiger partial charge in [0.1, 0.15) is 11.5 Å². The summed E-state index contributed by atoms with van der Waals surface area (Å²) in [5.41, 5.74) is 5.26. The van der Waals surface area contributed by atoms with Crippen LogP contribution in [0.15, 0.2) is 65.6 Å². The minimum Gasteiger partial charge on any atom is -0.481 e. The first-order valence-corrected chi connectivity index (χ1v) is 12.6. The molecule has 0 aliphatic heterocycles. The van der Waals surface area contributed by atoms with Gasteiger partial charge in [0.2, 0.25) is 5.91 Å². The number of carboxylic acids is 1. The summed E-state index contributed by atoms with van der Waals surface area (Å²) in [6.07, 6.45) is 8.08. The zero-order chi connectivity index (χ0) is 24.1. The van der Waals surface area contributed by atoms with Gasteiger partial charge in [-0.3, -0.25) is 9.59 Å². The Labute approximate surface area is 214 Å². The lowest BCUT2D eigenvalue weighted by Gasteiger charge is -1.99. The van der Waals surface area contributed by atoms with Crippen molar-refractivity contribution in [1.82, 2.24) is 9.97 Å². The van der Waals surface area contributed by atoms with E-state index in [4.69, 9.17) is 19.7 Å². The third kappa shape index (κ3) is 11.8. The molecule has 4 aromatic rings. The Morgan fingerprint density at radius 1 is 0.970 bits per heavy atom. The molecule has 0 aromatic carbocycles. The predicted octanol–water partition coefficient (Wildman–Crippen LogP) is 5.85. The van der Waals surface area contributed by atoms with E-state index in [0.717, 1.165) is 19.1 Å². The normalized spacial score (nSPS) is 9.88. The van der Waals surface area contributed by atoms with Gasteiger partial charge in [0, 0.05) is 19.3 Å². The number of anilines is 2. The molecule has 13 heteroatoms. The smallest absolute Gasteiger partial charge is 0.303 e. The first-order valence-electron chi connectivity index (χ1n) is 9.36. The van der Waals surface area contributed by atoms with Crippen molar-refractivity contribution in [3.05, 3.63) is 68.3 Å². The number of halogens is 2. The van der Waals surface area contributed by atoms with Crippen molar-refractivity contribution in [3.63, 3.8) is 0 Å². The molecule has 0 radical (unpaired) electrons. The summed E-state index contributed by atoms with van der Waals surface area (Å²) in [7, 11) is 0. The number of rotatable bonds is 7. The molecule has 0 atom stereocenters. The Bertz CT molecular complexity index is 1080. The average molecular weight is 620 g/mol. The number of carboxylic acid groups (broad SMARTS) is 1. The van der Waals surface area contributed by atoms with E-state index in [-0.39, 0.29) is 12.3 Å². The molecule has 0 aliphatic carbocycles. The molecular weight excluding hydrogens is 600 g/mol. The summed E-state index contributed by atoms with van der Waals surface area (Å²) in [6.45, 7) is 0. The molecule has 176 valence electrons. The van der Waals surface area contributed by atoms with Crippen LogP contribution >= 0.6 is 54.5 Å². The molecule has 4 rings (SSSR count). The van der Waals surface area contributed by atoms with Crippen molar-refractivity contribution < 1.29 is 23.5 Å². The van der Waals surface area contributed by atoms with Gasteiger partial charge < -0.3 is 25.0 Å². The second kappa shape index (κ2) is 14.6. The van der Waals surface area contributed by atoms with Crippen LogP contribution in [-0.4, -0.2) is 27.0 Å². The average Bonchev–Trinajstić information content (AvgIpc) is 3.56. The van der Waals surface area contributed by atoms with E-state index in [1.807, 2.05) is 12.1 Å². The minimum absolute atomic E-state index is 0.0572. The van der Waals surface area contributed by atoms with Crippen LogP contribution in [0.25, 0.3) is 0 Å². The second-order valence-electron chi connectivity index (χ2n) is 6.07. The number of nitrogens with one attached hydrogen (secondary N) is 1. The Kier molecular flexibility index (Phi) is 11.9. The summed E-state index contributed by atoms with van der Waals surface area (Å²) < 4.78 is 11.9. The van der Waals surface area contributed by atoms with Gasteiger partial charge in [-0.15, -0.1) is 0 Å². The monoisotopic (exact) mass is 618 g/mol. The number of aliphatic carboxylic acids is 1. The number of nitrogen functional groups attached to an aromatic ring is 1. The molecule has 0 saturated carbocycles. The number of amides is 1. The van der Waals surface area contributed by atoms with Crippen LogP contribution in [0.3, 0.4) is 0 Å². The van der Waals surface area contributed by atoms with Crippen molar-refractivity contribution in [1.29, 1.82) is 0 Å². The van der Waals surface area contributed by atoms with E-state index in [1.165, 1.54) is 28.9 Å². The highest BCUT2D eigenvalue weighted by Crippen LogP contribution is 2.23. The van der Waals surface area contributed by atoms with Crippen LogP contribution in [-0.2, 0) is 22.4 Å². The van der Waals surface area contributed by atoms with Crippen LogP contribution in [0.4, 0.5) is 10.3 Å². The topological polar surface area (TPSA) is 144 Å². The molecule has 0 bridgehead atoms. The summed E-state index contributed by atoms with van der Waals surface area (Å²) in [6, 6.07) is 7.18. The SMILES string of the molecule is Nc1ncc(Br)s1.O=C(CCc1ccco1)Nc1ncc(Br)s1.O=C(O)CCc1ccco1. The second-order valence-corrected chi connectivity index (χ2v) is 10.9. The molecular formula is C20H20Br2N4O5S2. The number of carbonyl (C=O) groups excluding carboxylic acids is 1. The Morgan fingerprint density at radius 3 is 1.94 bits per heavy atom. The third-order valence-corrected chi connectivity index (χ3v) is 6.26. The van der Waals surface area contributed by atoms with Gasteiger partial charge in [-0.1, -0.05) is 22.7 Å². The number of thiazole rings is 2. The molecule has 0 spiro atoms. The van der Waals surface area contributed by atoms with Crippen molar-refractivity contribution >= 4 is 76.7 Å². The third-order valence-electron chi connectivity index (χ3n) is 3.56. The highest BCUT2D eigenvalue weighted by Gasteiger charge is 2.07. The summed E-state index contributed by atoms with van der Waals surface area (Å²) >= 11 is 9.31. The van der Waals surface area contributed by atoms with Crippen LogP contribution in [0, 0.1) is 0 Å². The highest BCUT2D eigenvalue weighted by atomic mass is 79.9. The van der Waals surface area contributed by atoms with Crippen molar-refractivity contribution in [2.45, 2.75) is 25.7 Å². The van der Waals surface area contributed by atoms with Crippen molar-refractivity contribution in [2.24, 2.45) is 0 Å². The van der Waals surface area contributed by atoms with Gasteiger partial charge >= 0.3 is 5.97 Å². The maximum absolute atomic E-state index is 11.5. The van der Waals surface area contributed by atoms with Crippen molar-refractivity contribution in [2.75, 3.05) is 11.1 Å². The number of furan rings is 2. The molecule has 4 N–H and O–H groups in total. The standard InChI is InChI=1S/C10H9BrN2O2S.C7H8O3.C3H3BrN2S/c11-8-6-12-10(16-8)13-9(14)4-3-7-2-1-5-15-7;8-7(9)4-3-6-2-1-5-10-6;4-2-1-6-3(5)7-2/h1-2,5-6H,3-4H2,(H,12,13,14);1-2,5H,3-4H2,(H,8,9);1H,(H2,5,6). The lowest BCUT2D eigenvalue weighted by Crippen LogP contribution is -2.11. The fourth-order valence-corrected chi connectivity index (χ4v) is 4.27. The number of hydrogen-bond donors (Lipinski definition) is 3. The number of nitrogens with zero attached hydrogens (tertiary/aromatic N) is 2. The van der Waals surface area contributed by atoms with Gasteiger partial charge in [-0.25, -0.2) is 9.97 Å². The first kappa shape index (κ1) is 26.8. The van der Waals surface area contributed by atoms with Crippen LogP contribution in [0.5, 0.6) is 0 Å². The van der Waals surface area contributed by atoms with Gasteiger partial charge in [-0.05, 0) is 56.1 Å². The number of hydrogen-bond acceptors (Lipinski definition) is 9. The van der Waals surface area contributed by atoms with E-state index in [0.29, 0.717) is 29.5 Å². The summed E-state index contributed by atoms with van der Waals surface area (Å²) in [5, 5.41) is 12.2. The molecule has 0 fully saturated rings. The maximum atomic E-state index is 11.5. The molecule has 4 heterocycles. The van der Waals surface area contributed by atoms with Crippen LogP contribution in [0.2, 0.25) is 0 Å². The van der Waals surface area contributed by atoms with E-state index in [9.17, 15) is 9.59 Å². The summed E-state index contributed by atoms with van der Waals surface area (Å²) in [5.74, 6) is 0.688. The largest absolute Gasteiger partial charge is 0.481 e. The van der Waals surface area contributed by atoms with Gasteiger partial charge in [0.25, 0.3) is 0 Å². The molecule has 33 heavy (non-hydrogen) atoms. The lowest BCUT2D eigenvalue weighted by atomic mass is 10.2. The predicted molar refractivity (Wildman–Crippen MR) is 134 cm³/mol.